The van der Waals surface area contributed by atoms with E-state index in [0.717, 1.165) is 20.9 Å². The van der Waals surface area contributed by atoms with Crippen LogP contribution in [0.25, 0.3) is 10.8 Å². The maximum absolute atomic E-state index is 11.9. The minimum Gasteiger partial charge on any atom is -0.419 e. The van der Waals surface area contributed by atoms with Gasteiger partial charge in [-0.2, -0.15) is 0 Å². The second-order valence-electron chi connectivity index (χ2n) is 5.52. The van der Waals surface area contributed by atoms with Crippen LogP contribution in [0.15, 0.2) is 52.6 Å². The van der Waals surface area contributed by atoms with E-state index >= 15 is 0 Å². The van der Waals surface area contributed by atoms with Gasteiger partial charge in [-0.1, -0.05) is 40.2 Å². The Balaban J connectivity index is 1.93. The number of hydrogen-bond donors (Lipinski definition) is 1. The van der Waals surface area contributed by atoms with Gasteiger partial charge in [0.2, 0.25) is 0 Å². The second-order valence-corrected chi connectivity index (χ2v) is 6.38. The fraction of sp³-hybridized carbons (Fsp3) is 0.176. The van der Waals surface area contributed by atoms with Crippen molar-refractivity contribution in [3.8, 4) is 0 Å². The Morgan fingerprint density at radius 2 is 1.61 bits per heavy atom. The minimum absolute atomic E-state index is 0.170. The summed E-state index contributed by atoms with van der Waals surface area (Å²) in [5, 5.41) is 4.96. The number of carbonyl (C=O) groups excluding carboxylic acids is 2. The Bertz CT molecular complexity index is 820. The molecule has 1 aliphatic heterocycles. The van der Waals surface area contributed by atoms with Crippen LogP contribution in [0, 0.1) is 0 Å². The minimum atomic E-state index is -1.24. The van der Waals surface area contributed by atoms with Crippen molar-refractivity contribution in [2.75, 3.05) is 5.32 Å². The van der Waals surface area contributed by atoms with E-state index in [1.54, 1.807) is 0 Å². The molecule has 0 bridgehead atoms. The van der Waals surface area contributed by atoms with Gasteiger partial charge in [-0.3, -0.25) is 0 Å². The van der Waals surface area contributed by atoms with Crippen molar-refractivity contribution in [2.24, 2.45) is 0 Å². The summed E-state index contributed by atoms with van der Waals surface area (Å²) < 4.78 is 11.1. The van der Waals surface area contributed by atoms with Crippen LogP contribution in [0.4, 0.5) is 5.69 Å². The van der Waals surface area contributed by atoms with E-state index in [1.807, 2.05) is 36.4 Å². The van der Waals surface area contributed by atoms with Gasteiger partial charge < -0.3 is 14.8 Å². The first-order valence-electron chi connectivity index (χ1n) is 6.98. The van der Waals surface area contributed by atoms with E-state index in [1.165, 1.54) is 20.0 Å². The summed E-state index contributed by atoms with van der Waals surface area (Å²) in [6.45, 7) is 3.02. The van der Waals surface area contributed by atoms with Crippen LogP contribution < -0.4 is 5.32 Å². The highest BCUT2D eigenvalue weighted by molar-refractivity contribution is 9.10. The molecule has 0 atom stereocenters. The highest BCUT2D eigenvalue weighted by atomic mass is 79.9. The number of nitrogens with one attached hydrogen (secondary N) is 1. The van der Waals surface area contributed by atoms with Crippen LogP contribution in [-0.2, 0) is 19.1 Å². The Labute approximate surface area is 141 Å². The third-order valence-electron chi connectivity index (χ3n) is 3.36. The molecule has 0 aromatic heterocycles. The van der Waals surface area contributed by atoms with E-state index in [-0.39, 0.29) is 5.57 Å². The van der Waals surface area contributed by atoms with Crippen molar-refractivity contribution in [3.63, 3.8) is 0 Å². The number of hydrogen-bond acceptors (Lipinski definition) is 5. The lowest BCUT2D eigenvalue weighted by Crippen LogP contribution is -2.42. The smallest absolute Gasteiger partial charge is 0.350 e. The van der Waals surface area contributed by atoms with Crippen molar-refractivity contribution in [2.45, 2.75) is 19.6 Å². The van der Waals surface area contributed by atoms with Gasteiger partial charge in [-0.15, -0.1) is 0 Å². The number of halogens is 1. The number of ether oxygens (including phenoxy) is 2. The first-order chi connectivity index (χ1) is 10.9. The number of anilines is 1. The molecule has 23 heavy (non-hydrogen) atoms. The molecule has 0 radical (unpaired) electrons. The molecule has 1 aliphatic rings. The lowest BCUT2D eigenvalue weighted by molar-refractivity contribution is -0.222. The zero-order valence-corrected chi connectivity index (χ0v) is 14.1. The zero-order chi connectivity index (χ0) is 16.6. The summed E-state index contributed by atoms with van der Waals surface area (Å²) in [4.78, 5) is 23.8. The summed E-state index contributed by atoms with van der Waals surface area (Å²) in [5.41, 5.74) is 0.595. The highest BCUT2D eigenvalue weighted by Gasteiger charge is 2.38. The first-order valence-corrected chi connectivity index (χ1v) is 7.77. The predicted molar refractivity (Wildman–Crippen MR) is 89.6 cm³/mol. The fourth-order valence-electron chi connectivity index (χ4n) is 2.33. The summed E-state index contributed by atoms with van der Waals surface area (Å²) in [5.74, 6) is -2.66. The molecule has 118 valence electrons. The SMILES string of the molecule is CC1(C)OC(=O)C(=CNc2cccc3c(Br)cccc23)C(=O)O1. The van der Waals surface area contributed by atoms with Crippen LogP contribution in [0.1, 0.15) is 13.8 Å². The number of carbonyl (C=O) groups is 2. The van der Waals surface area contributed by atoms with Gasteiger partial charge in [0.15, 0.2) is 5.57 Å². The average Bonchev–Trinajstić information content (AvgIpc) is 2.46. The molecule has 1 saturated heterocycles. The monoisotopic (exact) mass is 375 g/mol. The zero-order valence-electron chi connectivity index (χ0n) is 12.6. The second kappa shape index (κ2) is 5.70. The normalized spacial score (nSPS) is 16.7. The Kier molecular flexibility index (Phi) is 3.85. The summed E-state index contributed by atoms with van der Waals surface area (Å²) >= 11 is 3.50. The predicted octanol–water partition coefficient (Wildman–Crippen LogP) is 3.73. The van der Waals surface area contributed by atoms with Crippen molar-refractivity contribution in [3.05, 3.63) is 52.6 Å². The third kappa shape index (κ3) is 3.07. The Hall–Kier alpha value is -2.34. The maximum Gasteiger partial charge on any atom is 0.350 e. The van der Waals surface area contributed by atoms with Crippen LogP contribution >= 0.6 is 15.9 Å². The lowest BCUT2D eigenvalue weighted by atomic mass is 10.1. The molecule has 0 spiro atoms. The Morgan fingerprint density at radius 3 is 2.30 bits per heavy atom. The number of esters is 2. The Morgan fingerprint density at radius 1 is 1.00 bits per heavy atom. The van der Waals surface area contributed by atoms with Gasteiger partial charge >= 0.3 is 11.9 Å². The summed E-state index contributed by atoms with van der Waals surface area (Å²) in [7, 11) is 0. The molecular weight excluding hydrogens is 362 g/mol. The summed E-state index contributed by atoms with van der Waals surface area (Å²) in [6.07, 6.45) is 1.32. The van der Waals surface area contributed by atoms with E-state index in [2.05, 4.69) is 21.2 Å². The molecule has 1 N–H and O–H groups in total. The van der Waals surface area contributed by atoms with Crippen LogP contribution in [-0.4, -0.2) is 17.7 Å². The number of rotatable bonds is 2. The topological polar surface area (TPSA) is 64.6 Å². The van der Waals surface area contributed by atoms with Crippen LogP contribution in [0.2, 0.25) is 0 Å². The fourth-order valence-corrected chi connectivity index (χ4v) is 2.82. The average molecular weight is 376 g/mol. The highest BCUT2D eigenvalue weighted by Crippen LogP contribution is 2.30. The molecule has 1 fully saturated rings. The van der Waals surface area contributed by atoms with Gasteiger partial charge in [0.05, 0.1) is 0 Å². The first kappa shape index (κ1) is 15.6. The van der Waals surface area contributed by atoms with E-state index in [9.17, 15) is 9.59 Å². The van der Waals surface area contributed by atoms with Crippen molar-refractivity contribution < 1.29 is 19.1 Å². The molecular formula is C17H14BrNO4. The maximum atomic E-state index is 11.9. The molecule has 2 aromatic carbocycles. The van der Waals surface area contributed by atoms with Gasteiger partial charge in [0, 0.05) is 35.6 Å². The molecule has 0 unspecified atom stereocenters. The molecule has 5 nitrogen and oxygen atoms in total. The largest absolute Gasteiger partial charge is 0.419 e. The molecule has 1 heterocycles. The van der Waals surface area contributed by atoms with Gasteiger partial charge in [0.1, 0.15) is 0 Å². The van der Waals surface area contributed by atoms with Gasteiger partial charge in [-0.05, 0) is 17.5 Å². The molecule has 0 saturated carbocycles. The van der Waals surface area contributed by atoms with Gasteiger partial charge in [0.25, 0.3) is 5.79 Å². The molecule has 0 amide bonds. The van der Waals surface area contributed by atoms with E-state index < -0.39 is 17.7 Å². The van der Waals surface area contributed by atoms with Crippen molar-refractivity contribution >= 4 is 44.3 Å². The van der Waals surface area contributed by atoms with Crippen LogP contribution in [0.3, 0.4) is 0 Å². The molecule has 0 aliphatic carbocycles. The number of benzene rings is 2. The molecule has 3 rings (SSSR count). The lowest BCUT2D eigenvalue weighted by Gasteiger charge is -2.29. The van der Waals surface area contributed by atoms with Crippen molar-refractivity contribution in [1.29, 1.82) is 0 Å². The van der Waals surface area contributed by atoms with E-state index in [4.69, 9.17) is 9.47 Å². The number of cyclic esters (lactones) is 2. The van der Waals surface area contributed by atoms with Crippen LogP contribution in [0.5, 0.6) is 0 Å². The van der Waals surface area contributed by atoms with E-state index in [0.29, 0.717) is 0 Å². The third-order valence-corrected chi connectivity index (χ3v) is 4.05. The molecule has 2 aromatic rings. The van der Waals surface area contributed by atoms with Gasteiger partial charge in [-0.25, -0.2) is 9.59 Å². The quantitative estimate of drug-likeness (QED) is 0.492. The summed E-state index contributed by atoms with van der Waals surface area (Å²) in [6, 6.07) is 11.5. The molecule has 6 heteroatoms. The van der Waals surface area contributed by atoms with Crippen molar-refractivity contribution in [1.82, 2.24) is 0 Å². The number of fused-ring (bicyclic) bond motifs is 1. The standard InChI is InChI=1S/C17H14BrNO4/c1-17(2)22-15(20)12(16(21)23-17)9-19-14-8-4-5-10-11(14)6-3-7-13(10)18/h3-9,19H,1-2H3.